The van der Waals surface area contributed by atoms with Crippen LogP contribution in [-0.4, -0.2) is 19.6 Å². The molecule has 74 valence electrons. The van der Waals surface area contributed by atoms with Gasteiger partial charge in [0.1, 0.15) is 0 Å². The Balaban J connectivity index is 2.22. The van der Waals surface area contributed by atoms with Crippen molar-refractivity contribution in [1.29, 1.82) is 0 Å². The lowest BCUT2D eigenvalue weighted by molar-refractivity contribution is 0.756. The second-order valence-corrected chi connectivity index (χ2v) is 3.61. The first-order valence-corrected chi connectivity index (χ1v) is 4.62. The van der Waals surface area contributed by atoms with Crippen LogP contribution < -0.4 is 0 Å². The Morgan fingerprint density at radius 2 is 2.00 bits per heavy atom. The van der Waals surface area contributed by atoms with E-state index in [1.807, 2.05) is 42.8 Å². The lowest BCUT2D eigenvalue weighted by atomic mass is 10.1. The third kappa shape index (κ3) is 1.69. The van der Waals surface area contributed by atoms with Gasteiger partial charge in [-0.1, -0.05) is 0 Å². The summed E-state index contributed by atoms with van der Waals surface area (Å²) < 4.78 is 3.67. The molecule has 4 heteroatoms. The second-order valence-electron chi connectivity index (χ2n) is 3.61. The highest BCUT2D eigenvalue weighted by Crippen LogP contribution is 2.11. The van der Waals surface area contributed by atoms with Crippen molar-refractivity contribution in [2.75, 3.05) is 0 Å². The Kier molecular flexibility index (Phi) is 2.11. The lowest BCUT2D eigenvalue weighted by Crippen LogP contribution is -1.87. The zero-order valence-corrected chi connectivity index (χ0v) is 8.73. The fourth-order valence-corrected chi connectivity index (χ4v) is 1.61. The summed E-state index contributed by atoms with van der Waals surface area (Å²) in [6.45, 7) is 2.03. The molecule has 2 aromatic heterocycles. The van der Waals surface area contributed by atoms with Crippen molar-refractivity contribution in [3.05, 3.63) is 35.4 Å². The molecule has 2 heterocycles. The van der Waals surface area contributed by atoms with Gasteiger partial charge in [0, 0.05) is 32.9 Å². The van der Waals surface area contributed by atoms with Crippen molar-refractivity contribution in [2.45, 2.75) is 13.3 Å². The maximum absolute atomic E-state index is 4.30. The van der Waals surface area contributed by atoms with Crippen molar-refractivity contribution in [3.63, 3.8) is 0 Å². The molecule has 0 aliphatic heterocycles. The van der Waals surface area contributed by atoms with Crippen LogP contribution in [0.5, 0.6) is 0 Å². The quantitative estimate of drug-likeness (QED) is 0.709. The summed E-state index contributed by atoms with van der Waals surface area (Å²) in [5.74, 6) is 0. The average molecular weight is 190 g/mol. The molecule has 2 rings (SSSR count). The van der Waals surface area contributed by atoms with Gasteiger partial charge in [0.2, 0.25) is 0 Å². The zero-order chi connectivity index (χ0) is 10.1. The van der Waals surface area contributed by atoms with Gasteiger partial charge >= 0.3 is 0 Å². The Labute approximate surface area is 83.2 Å². The summed E-state index contributed by atoms with van der Waals surface area (Å²) in [6, 6.07) is 0. The van der Waals surface area contributed by atoms with Gasteiger partial charge in [-0.2, -0.15) is 10.2 Å². The first-order valence-electron chi connectivity index (χ1n) is 4.62. The maximum Gasteiger partial charge on any atom is 0.0628 e. The van der Waals surface area contributed by atoms with E-state index in [0.717, 1.165) is 12.1 Å². The molecule has 0 amide bonds. The number of nitrogens with zero attached hydrogens (tertiary/aromatic N) is 4. The van der Waals surface area contributed by atoms with E-state index in [-0.39, 0.29) is 0 Å². The molecule has 0 aliphatic rings. The van der Waals surface area contributed by atoms with Gasteiger partial charge in [0.15, 0.2) is 0 Å². The van der Waals surface area contributed by atoms with Gasteiger partial charge in [0.25, 0.3) is 0 Å². The molecule has 0 radical (unpaired) electrons. The fraction of sp³-hybridized carbons (Fsp3) is 0.400. The molecule has 0 unspecified atom stereocenters. The molecule has 0 saturated carbocycles. The Morgan fingerprint density at radius 3 is 2.50 bits per heavy atom. The molecule has 0 atom stereocenters. The first-order chi connectivity index (χ1) is 6.65. The summed E-state index contributed by atoms with van der Waals surface area (Å²) in [6.07, 6.45) is 6.90. The molecule has 4 nitrogen and oxygen atoms in total. The van der Waals surface area contributed by atoms with Gasteiger partial charge in [-0.25, -0.2) is 0 Å². The van der Waals surface area contributed by atoms with Crippen LogP contribution in [0, 0.1) is 6.92 Å². The molecule has 0 aliphatic carbocycles. The van der Waals surface area contributed by atoms with Crippen LogP contribution in [0.25, 0.3) is 0 Å². The molecule has 0 N–H and O–H groups in total. The summed E-state index contributed by atoms with van der Waals surface area (Å²) in [7, 11) is 3.87. The highest BCUT2D eigenvalue weighted by atomic mass is 15.3. The second kappa shape index (κ2) is 3.29. The van der Waals surface area contributed by atoms with E-state index in [9.17, 15) is 0 Å². The molecule has 0 aromatic carbocycles. The standard InChI is InChI=1S/C10H14N4/c1-8-10(7-14(3)12-8)4-9-5-11-13(2)6-9/h5-7H,4H2,1-3H3. The minimum absolute atomic E-state index is 0.910. The van der Waals surface area contributed by atoms with Crippen molar-refractivity contribution in [2.24, 2.45) is 14.1 Å². The predicted octanol–water partition coefficient (Wildman–Crippen LogP) is 1.05. The van der Waals surface area contributed by atoms with E-state index in [2.05, 4.69) is 16.4 Å². The van der Waals surface area contributed by atoms with E-state index in [1.165, 1.54) is 11.1 Å². The zero-order valence-electron chi connectivity index (χ0n) is 8.73. The normalized spacial score (nSPS) is 10.8. The Hall–Kier alpha value is -1.58. The maximum atomic E-state index is 4.30. The number of hydrogen-bond donors (Lipinski definition) is 0. The third-order valence-electron chi connectivity index (χ3n) is 2.27. The Bertz CT molecular complexity index is 439. The van der Waals surface area contributed by atoms with Crippen LogP contribution in [0.3, 0.4) is 0 Å². The van der Waals surface area contributed by atoms with Crippen LogP contribution in [0.15, 0.2) is 18.6 Å². The lowest BCUT2D eigenvalue weighted by Gasteiger charge is -1.93. The smallest absolute Gasteiger partial charge is 0.0628 e. The number of rotatable bonds is 2. The van der Waals surface area contributed by atoms with Crippen molar-refractivity contribution in [3.8, 4) is 0 Å². The van der Waals surface area contributed by atoms with Crippen LogP contribution in [0.1, 0.15) is 16.8 Å². The largest absolute Gasteiger partial charge is 0.276 e. The molecule has 2 aromatic rings. The topological polar surface area (TPSA) is 35.6 Å². The van der Waals surface area contributed by atoms with Crippen LogP contribution in [0.4, 0.5) is 0 Å². The van der Waals surface area contributed by atoms with Gasteiger partial charge in [0.05, 0.1) is 11.9 Å². The van der Waals surface area contributed by atoms with E-state index < -0.39 is 0 Å². The molecule has 0 bridgehead atoms. The molecule has 0 spiro atoms. The van der Waals surface area contributed by atoms with E-state index in [4.69, 9.17) is 0 Å². The minimum atomic E-state index is 0.910. The first kappa shape index (κ1) is 8.99. The van der Waals surface area contributed by atoms with Crippen LogP contribution in [-0.2, 0) is 20.5 Å². The van der Waals surface area contributed by atoms with Crippen molar-refractivity contribution >= 4 is 0 Å². The SMILES string of the molecule is Cc1nn(C)cc1Cc1cnn(C)c1. The van der Waals surface area contributed by atoms with Crippen LogP contribution >= 0.6 is 0 Å². The van der Waals surface area contributed by atoms with Gasteiger partial charge in [-0.15, -0.1) is 0 Å². The van der Waals surface area contributed by atoms with Gasteiger partial charge in [-0.05, 0) is 18.1 Å². The predicted molar refractivity (Wildman–Crippen MR) is 54.0 cm³/mol. The fourth-order valence-electron chi connectivity index (χ4n) is 1.61. The number of aryl methyl sites for hydroxylation is 3. The minimum Gasteiger partial charge on any atom is -0.276 e. The highest BCUT2D eigenvalue weighted by molar-refractivity contribution is 5.23. The van der Waals surface area contributed by atoms with E-state index >= 15 is 0 Å². The number of aromatic nitrogens is 4. The monoisotopic (exact) mass is 190 g/mol. The highest BCUT2D eigenvalue weighted by Gasteiger charge is 2.04. The summed E-state index contributed by atoms with van der Waals surface area (Å²) in [5.41, 5.74) is 3.58. The summed E-state index contributed by atoms with van der Waals surface area (Å²) >= 11 is 0. The molecular formula is C10H14N4. The Morgan fingerprint density at radius 1 is 1.21 bits per heavy atom. The van der Waals surface area contributed by atoms with Gasteiger partial charge < -0.3 is 0 Å². The molecule has 0 fully saturated rings. The van der Waals surface area contributed by atoms with Crippen molar-refractivity contribution < 1.29 is 0 Å². The van der Waals surface area contributed by atoms with Crippen LogP contribution in [0.2, 0.25) is 0 Å². The molecule has 0 saturated heterocycles. The van der Waals surface area contributed by atoms with Crippen molar-refractivity contribution in [1.82, 2.24) is 19.6 Å². The summed E-state index contributed by atoms with van der Waals surface area (Å²) in [5, 5.41) is 8.44. The number of hydrogen-bond acceptors (Lipinski definition) is 2. The van der Waals surface area contributed by atoms with E-state index in [1.54, 1.807) is 0 Å². The third-order valence-corrected chi connectivity index (χ3v) is 2.27. The summed E-state index contributed by atoms with van der Waals surface area (Å²) in [4.78, 5) is 0. The molecular weight excluding hydrogens is 176 g/mol. The van der Waals surface area contributed by atoms with Gasteiger partial charge in [-0.3, -0.25) is 9.36 Å². The molecule has 14 heavy (non-hydrogen) atoms. The average Bonchev–Trinajstić information content (AvgIpc) is 2.61. The van der Waals surface area contributed by atoms with E-state index in [0.29, 0.717) is 0 Å².